The molecule has 1 fully saturated rings. The Hall–Kier alpha value is -8.07. The lowest BCUT2D eigenvalue weighted by Gasteiger charge is -2.53. The SMILES string of the molecule is CN(C)C1C(=O)C(C(N)=O)=C(O)C2(O)C(=O)C3=C(O)c4c(O)ccc(Cl)c4C(C)(O)C3CC12.CN(Cc1cnc2nc(N)nc(N)c2n1)c1ccc(C(=O)NC(CCC(=O)O)C(=O)O)cc1.O=C(/C=C/Cl)c1ccc(Br)cc1. The number of nitrogens with two attached hydrogens (primary N) is 3. The van der Waals surface area contributed by atoms with E-state index in [1.165, 1.54) is 61.8 Å². The monoisotopic (exact) mass is 1180 g/mol. The van der Waals surface area contributed by atoms with Crippen LogP contribution in [0.2, 0.25) is 5.02 Å². The molecule has 24 nitrogen and oxygen atoms in total. The van der Waals surface area contributed by atoms with Crippen molar-refractivity contribution in [1.82, 2.24) is 30.2 Å². The van der Waals surface area contributed by atoms with Crippen LogP contribution in [0.1, 0.15) is 63.7 Å². The van der Waals surface area contributed by atoms with E-state index in [1.807, 2.05) is 24.1 Å². The zero-order chi connectivity index (χ0) is 57.9. The van der Waals surface area contributed by atoms with Gasteiger partial charge in [0.25, 0.3) is 11.8 Å². The van der Waals surface area contributed by atoms with Gasteiger partial charge in [0.15, 0.2) is 34.1 Å². The first-order valence-corrected chi connectivity index (χ1v) is 24.7. The number of hydrogen-bond acceptors (Lipinski definition) is 20. The van der Waals surface area contributed by atoms with E-state index in [2.05, 4.69) is 41.2 Å². The number of primary amides is 1. The first kappa shape index (κ1) is 59.2. The number of carboxylic acid groups (broad SMARTS) is 2. The van der Waals surface area contributed by atoms with E-state index in [0.29, 0.717) is 29.0 Å². The molecule has 0 spiro atoms. The van der Waals surface area contributed by atoms with E-state index < -0.39 is 98.9 Å². The highest BCUT2D eigenvalue weighted by molar-refractivity contribution is 9.10. The second kappa shape index (κ2) is 23.7. The maximum absolute atomic E-state index is 13.7. The highest BCUT2D eigenvalue weighted by Gasteiger charge is 2.66. The number of aliphatic hydroxyl groups is 4. The fraction of sp³-hybridized carbons (Fsp3) is 0.275. The van der Waals surface area contributed by atoms with Crippen molar-refractivity contribution in [2.75, 3.05) is 37.5 Å². The molecule has 410 valence electrons. The molecule has 0 radical (unpaired) electrons. The Labute approximate surface area is 461 Å². The molecule has 5 aromatic rings. The van der Waals surface area contributed by atoms with Gasteiger partial charge in [0.1, 0.15) is 28.9 Å². The number of aliphatic hydroxyl groups excluding tert-OH is 2. The summed E-state index contributed by atoms with van der Waals surface area (Å²) in [6.45, 7) is 1.71. The molecule has 6 atom stereocenters. The topological polar surface area (TPSA) is 409 Å². The molecule has 0 saturated heterocycles. The second-order valence-electron chi connectivity index (χ2n) is 18.4. The van der Waals surface area contributed by atoms with Gasteiger partial charge in [0, 0.05) is 68.3 Å². The van der Waals surface area contributed by atoms with E-state index in [9.17, 15) is 64.2 Å². The van der Waals surface area contributed by atoms with Crippen molar-refractivity contribution in [2.45, 2.75) is 56.0 Å². The van der Waals surface area contributed by atoms with Gasteiger partial charge < -0.3 is 63.2 Å². The van der Waals surface area contributed by atoms with Crippen molar-refractivity contribution in [3.63, 3.8) is 0 Å². The maximum atomic E-state index is 13.7. The van der Waals surface area contributed by atoms with E-state index in [-0.39, 0.29) is 58.5 Å². The van der Waals surface area contributed by atoms with Crippen LogP contribution in [0.4, 0.5) is 17.5 Å². The Morgan fingerprint density at radius 3 is 2.13 bits per heavy atom. The van der Waals surface area contributed by atoms with Gasteiger partial charge in [-0.1, -0.05) is 39.1 Å². The van der Waals surface area contributed by atoms with Crippen molar-refractivity contribution < 1.29 is 69.3 Å². The molecule has 2 heterocycles. The maximum Gasteiger partial charge on any atom is 0.326 e. The summed E-state index contributed by atoms with van der Waals surface area (Å²) in [6.07, 6.45) is 2.03. The number of phenolic OH excluding ortho intramolecular Hbond substituents is 1. The number of aromatic nitrogens is 4. The third-order valence-corrected chi connectivity index (χ3v) is 14.1. The van der Waals surface area contributed by atoms with Crippen LogP contribution in [0.3, 0.4) is 0 Å². The van der Waals surface area contributed by atoms with E-state index in [0.717, 1.165) is 10.2 Å². The number of likely N-dealkylation sites (N-methyl/N-ethyl adjacent to an activating group) is 1. The number of carbonyl (C=O) groups excluding carboxylic acids is 5. The highest BCUT2D eigenvalue weighted by atomic mass is 79.9. The van der Waals surface area contributed by atoms with Crippen molar-refractivity contribution >= 4 is 115 Å². The number of nitrogen functional groups attached to an aromatic ring is 2. The number of ketones is 3. The minimum Gasteiger partial charge on any atom is -0.508 e. The molecule has 14 N–H and O–H groups in total. The van der Waals surface area contributed by atoms with Crippen LogP contribution in [0, 0.1) is 11.8 Å². The lowest BCUT2D eigenvalue weighted by atomic mass is 9.54. The number of allylic oxidation sites excluding steroid dienone is 1. The molecule has 3 aliphatic carbocycles. The number of halogens is 3. The van der Waals surface area contributed by atoms with Crippen LogP contribution in [-0.4, -0.2) is 141 Å². The molecule has 2 amide bonds. The molecule has 8 rings (SSSR count). The zero-order valence-corrected chi connectivity index (χ0v) is 44.8. The number of amides is 2. The number of hydrogen-bond donors (Lipinski definition) is 11. The van der Waals surface area contributed by atoms with Gasteiger partial charge in [-0.05, 0) is 101 Å². The van der Waals surface area contributed by atoms with Crippen molar-refractivity contribution in [2.24, 2.45) is 17.6 Å². The fourth-order valence-electron chi connectivity index (χ4n) is 9.37. The molecule has 78 heavy (non-hydrogen) atoms. The second-order valence-corrected chi connectivity index (χ2v) is 20.0. The largest absolute Gasteiger partial charge is 0.508 e. The summed E-state index contributed by atoms with van der Waals surface area (Å²) in [5.41, 5.74) is 14.4. The van der Waals surface area contributed by atoms with E-state index >= 15 is 0 Å². The lowest BCUT2D eigenvalue weighted by molar-refractivity contribution is -0.159. The molecule has 3 aliphatic rings. The number of rotatable bonds is 13. The smallest absolute Gasteiger partial charge is 0.326 e. The zero-order valence-electron chi connectivity index (χ0n) is 41.7. The standard InChI is InChI=1S/C22H23ClN2O8.C20H22N8O5.C9H6BrClO/c1-21(32)7-6-8-15(25(2)3)17(28)13(20(24)31)19(30)22(8,33)18(29)11(7)16(27)12-10(26)5-4-9(23)14(12)21;1-28(9-11-8-23-17-15(24-11)16(21)26-20(22)27-17)12-4-2-10(3-5-12)18(31)25-13(19(32)33)6-7-14(29)30;10-8-3-1-7(2-4-8)9(12)5-6-11/h4-5,7-8,15,26-27,30,32-33H,6H2,1-3H3,(H2,24,31);2-5,8,13H,6-7,9H2,1H3,(H,25,31)(H,29,30)(H,32,33)(H4,21,22,23,26,27);1-6H/b;;6-5+. The molecule has 6 unspecified atom stereocenters. The summed E-state index contributed by atoms with van der Waals surface area (Å²) in [6, 6.07) is 13.5. The summed E-state index contributed by atoms with van der Waals surface area (Å²) in [4.78, 5) is 104. The molecule has 1 saturated carbocycles. The van der Waals surface area contributed by atoms with Gasteiger partial charge in [-0.15, -0.1) is 0 Å². The quantitative estimate of drug-likeness (QED) is 0.0452. The molecular formula is C51H51BrCl2N10O14. The van der Waals surface area contributed by atoms with Gasteiger partial charge in [-0.2, -0.15) is 9.97 Å². The molecule has 3 aromatic carbocycles. The van der Waals surface area contributed by atoms with Crippen molar-refractivity contribution in [1.29, 1.82) is 0 Å². The Kier molecular flexibility index (Phi) is 18.0. The molecule has 0 aliphatic heterocycles. The number of benzene rings is 3. The Bertz CT molecular complexity index is 3360. The van der Waals surface area contributed by atoms with Crippen molar-refractivity contribution in [3.05, 3.63) is 133 Å². The molecule has 0 bridgehead atoms. The molecular weight excluding hydrogens is 1130 g/mol. The number of nitrogens with one attached hydrogen (secondary N) is 1. The van der Waals surface area contributed by atoms with Crippen molar-refractivity contribution in [3.8, 4) is 5.75 Å². The van der Waals surface area contributed by atoms with Crippen LogP contribution in [0.15, 0.2) is 99.8 Å². The number of aromatic hydroxyl groups is 1. The first-order chi connectivity index (χ1) is 36.6. The molecule has 2 aromatic heterocycles. The Morgan fingerprint density at radius 2 is 1.55 bits per heavy atom. The third-order valence-electron chi connectivity index (χ3n) is 13.1. The summed E-state index contributed by atoms with van der Waals surface area (Å²) in [5, 5.41) is 75.4. The minimum absolute atomic E-state index is 0.0138. The highest BCUT2D eigenvalue weighted by Crippen LogP contribution is 2.58. The van der Waals surface area contributed by atoms with E-state index in [1.54, 1.807) is 30.5 Å². The Balaban J connectivity index is 0.000000209. The fourth-order valence-corrected chi connectivity index (χ4v) is 10.1. The number of aliphatic carboxylic acids is 2. The number of carboxylic acids is 2. The minimum atomic E-state index is -2.78. The summed E-state index contributed by atoms with van der Waals surface area (Å²) in [5.74, 6) is -11.3. The van der Waals surface area contributed by atoms with Gasteiger partial charge in [0.2, 0.25) is 11.7 Å². The third kappa shape index (κ3) is 11.9. The van der Waals surface area contributed by atoms with Crippen LogP contribution >= 0.6 is 39.1 Å². The number of phenols is 1. The number of carbonyl (C=O) groups is 7. The summed E-state index contributed by atoms with van der Waals surface area (Å²) >= 11 is 14.8. The van der Waals surface area contributed by atoms with Crippen LogP contribution in [0.5, 0.6) is 5.75 Å². The summed E-state index contributed by atoms with van der Waals surface area (Å²) in [7, 11) is 4.79. The number of Topliss-reactive ketones (excluding diaryl/α,β-unsaturated/α-hetero) is 2. The van der Waals surface area contributed by atoms with Gasteiger partial charge in [0.05, 0.1) is 35.6 Å². The van der Waals surface area contributed by atoms with Crippen LogP contribution in [-0.2, 0) is 36.1 Å². The van der Waals surface area contributed by atoms with E-state index in [4.69, 9.17) is 45.5 Å². The number of anilines is 3. The van der Waals surface area contributed by atoms with Gasteiger partial charge in [-0.25, -0.2) is 14.8 Å². The first-order valence-electron chi connectivity index (χ1n) is 23.1. The predicted molar refractivity (Wildman–Crippen MR) is 287 cm³/mol. The predicted octanol–water partition coefficient (Wildman–Crippen LogP) is 3.94. The van der Waals surface area contributed by atoms with Crippen LogP contribution in [0.25, 0.3) is 16.9 Å². The average Bonchev–Trinajstić information content (AvgIpc) is 3.53. The van der Waals surface area contributed by atoms with Gasteiger partial charge in [-0.3, -0.25) is 33.7 Å². The average molecular weight is 1180 g/mol. The van der Waals surface area contributed by atoms with Gasteiger partial charge >= 0.3 is 11.9 Å². The lowest BCUT2D eigenvalue weighted by Crippen LogP contribution is -2.67. The van der Waals surface area contributed by atoms with Crippen LogP contribution < -0.4 is 27.4 Å². The number of nitrogens with zero attached hydrogens (tertiary/aromatic N) is 6. The number of fused-ring (bicyclic) bond motifs is 4. The Morgan fingerprint density at radius 1 is 0.923 bits per heavy atom. The summed E-state index contributed by atoms with van der Waals surface area (Å²) < 4.78 is 0.953. The normalized spacial score (nSPS) is 20.8. The molecule has 27 heteroatoms.